The SMILES string of the molecule is CC(C)(C)OC(=O)N1C(=O)C(C(O)c2ccccc2)CC1C(=O)O. The number of hydrogen-bond donors (Lipinski definition) is 2. The Bertz CT molecular complexity index is 636. The maximum atomic E-state index is 12.6. The molecular formula is C17H21NO6. The van der Waals surface area contributed by atoms with E-state index < -0.39 is 41.6 Å². The van der Waals surface area contributed by atoms with E-state index in [2.05, 4.69) is 0 Å². The van der Waals surface area contributed by atoms with Gasteiger partial charge in [0.15, 0.2) is 0 Å². The fraction of sp³-hybridized carbons (Fsp3) is 0.471. The van der Waals surface area contributed by atoms with Gasteiger partial charge in [-0.15, -0.1) is 0 Å². The second kappa shape index (κ2) is 6.60. The van der Waals surface area contributed by atoms with Crippen molar-refractivity contribution in [3.05, 3.63) is 35.9 Å². The van der Waals surface area contributed by atoms with E-state index in [4.69, 9.17) is 4.74 Å². The Kier molecular flexibility index (Phi) is 4.94. The van der Waals surface area contributed by atoms with Crippen LogP contribution in [0.2, 0.25) is 0 Å². The van der Waals surface area contributed by atoms with E-state index in [1.165, 1.54) is 0 Å². The smallest absolute Gasteiger partial charge is 0.417 e. The van der Waals surface area contributed by atoms with Crippen LogP contribution in [0, 0.1) is 5.92 Å². The highest BCUT2D eigenvalue weighted by molar-refractivity contribution is 6.00. The molecule has 0 aromatic heterocycles. The zero-order valence-electron chi connectivity index (χ0n) is 13.8. The normalized spacial score (nSPS) is 22.3. The van der Waals surface area contributed by atoms with E-state index in [0.717, 1.165) is 0 Å². The van der Waals surface area contributed by atoms with Crippen LogP contribution in [-0.4, -0.2) is 44.7 Å². The van der Waals surface area contributed by atoms with Crippen LogP contribution < -0.4 is 0 Å². The third-order valence-electron chi connectivity index (χ3n) is 3.74. The first-order valence-corrected chi connectivity index (χ1v) is 7.63. The average molecular weight is 335 g/mol. The molecule has 0 aliphatic carbocycles. The number of carboxylic acid groups (broad SMARTS) is 1. The third-order valence-corrected chi connectivity index (χ3v) is 3.74. The van der Waals surface area contributed by atoms with Gasteiger partial charge in [0.25, 0.3) is 0 Å². The lowest BCUT2D eigenvalue weighted by Crippen LogP contribution is -2.46. The van der Waals surface area contributed by atoms with Crippen molar-refractivity contribution in [1.82, 2.24) is 4.90 Å². The molecule has 1 fully saturated rings. The molecule has 7 nitrogen and oxygen atoms in total. The Morgan fingerprint density at radius 1 is 1.25 bits per heavy atom. The lowest BCUT2D eigenvalue weighted by Gasteiger charge is -2.25. The van der Waals surface area contributed by atoms with Crippen molar-refractivity contribution in [3.8, 4) is 0 Å². The molecule has 0 saturated carbocycles. The molecule has 0 spiro atoms. The number of imide groups is 1. The summed E-state index contributed by atoms with van der Waals surface area (Å²) in [6.07, 6.45) is -2.36. The molecule has 7 heteroatoms. The molecule has 0 bridgehead atoms. The number of ether oxygens (including phenoxy) is 1. The number of aliphatic hydroxyl groups is 1. The van der Waals surface area contributed by atoms with Gasteiger partial charge in [-0.2, -0.15) is 0 Å². The first kappa shape index (κ1) is 17.9. The van der Waals surface area contributed by atoms with Crippen molar-refractivity contribution in [2.45, 2.75) is 44.9 Å². The summed E-state index contributed by atoms with van der Waals surface area (Å²) in [4.78, 5) is 36.8. The zero-order valence-corrected chi connectivity index (χ0v) is 13.8. The Balaban J connectivity index is 2.27. The zero-order chi connectivity index (χ0) is 18.1. The Morgan fingerprint density at radius 2 is 1.83 bits per heavy atom. The van der Waals surface area contributed by atoms with E-state index in [0.29, 0.717) is 10.5 Å². The summed E-state index contributed by atoms with van der Waals surface area (Å²) >= 11 is 0. The molecule has 3 atom stereocenters. The molecule has 1 saturated heterocycles. The Morgan fingerprint density at radius 3 is 2.33 bits per heavy atom. The summed E-state index contributed by atoms with van der Waals surface area (Å²) in [7, 11) is 0. The largest absolute Gasteiger partial charge is 0.480 e. The summed E-state index contributed by atoms with van der Waals surface area (Å²) in [5, 5.41) is 19.8. The standard InChI is InChI=1S/C17H21NO6/c1-17(2,3)24-16(23)18-12(15(21)22)9-11(14(18)20)13(19)10-7-5-4-6-8-10/h4-8,11-13,19H,9H2,1-3H3,(H,21,22). The van der Waals surface area contributed by atoms with Crippen LogP contribution in [0.4, 0.5) is 4.79 Å². The third kappa shape index (κ3) is 3.73. The molecule has 2 amide bonds. The van der Waals surface area contributed by atoms with E-state index in [1.54, 1.807) is 51.1 Å². The molecular weight excluding hydrogens is 314 g/mol. The van der Waals surface area contributed by atoms with Crippen LogP contribution in [0.25, 0.3) is 0 Å². The maximum absolute atomic E-state index is 12.6. The highest BCUT2D eigenvalue weighted by atomic mass is 16.6. The number of carboxylic acids is 1. The summed E-state index contributed by atoms with van der Waals surface area (Å²) in [5.41, 5.74) is -0.373. The molecule has 130 valence electrons. The molecule has 1 aromatic carbocycles. The number of nitrogens with zero attached hydrogens (tertiary/aromatic N) is 1. The fourth-order valence-electron chi connectivity index (χ4n) is 2.67. The molecule has 1 aromatic rings. The minimum absolute atomic E-state index is 0.163. The van der Waals surface area contributed by atoms with Gasteiger partial charge in [0.05, 0.1) is 12.0 Å². The molecule has 1 aliphatic heterocycles. The number of aliphatic hydroxyl groups excluding tert-OH is 1. The van der Waals surface area contributed by atoms with Crippen LogP contribution >= 0.6 is 0 Å². The number of carbonyl (C=O) groups is 3. The lowest BCUT2D eigenvalue weighted by molar-refractivity contribution is -0.146. The molecule has 2 rings (SSSR count). The van der Waals surface area contributed by atoms with Crippen molar-refractivity contribution in [1.29, 1.82) is 0 Å². The maximum Gasteiger partial charge on any atom is 0.417 e. The summed E-state index contributed by atoms with van der Waals surface area (Å²) in [6, 6.07) is 7.11. The summed E-state index contributed by atoms with van der Waals surface area (Å²) < 4.78 is 5.13. The minimum Gasteiger partial charge on any atom is -0.480 e. The van der Waals surface area contributed by atoms with Gasteiger partial charge in [0.2, 0.25) is 5.91 Å². The molecule has 0 radical (unpaired) electrons. The van der Waals surface area contributed by atoms with Gasteiger partial charge in [-0.3, -0.25) is 4.79 Å². The number of hydrogen-bond acceptors (Lipinski definition) is 5. The summed E-state index contributed by atoms with van der Waals surface area (Å²) in [6.45, 7) is 4.87. The summed E-state index contributed by atoms with van der Waals surface area (Å²) in [5.74, 6) is -3.06. The van der Waals surface area contributed by atoms with Crippen LogP contribution in [-0.2, 0) is 14.3 Å². The monoisotopic (exact) mass is 335 g/mol. The number of amides is 2. The molecule has 24 heavy (non-hydrogen) atoms. The van der Waals surface area contributed by atoms with Crippen molar-refractivity contribution >= 4 is 18.0 Å². The predicted molar refractivity (Wildman–Crippen MR) is 84.0 cm³/mol. The fourth-order valence-corrected chi connectivity index (χ4v) is 2.67. The second-order valence-electron chi connectivity index (χ2n) is 6.74. The number of carbonyl (C=O) groups excluding carboxylic acids is 2. The van der Waals surface area contributed by atoms with Crippen LogP contribution in [0.1, 0.15) is 38.9 Å². The van der Waals surface area contributed by atoms with Crippen molar-refractivity contribution < 1.29 is 29.3 Å². The quantitative estimate of drug-likeness (QED) is 0.875. The van der Waals surface area contributed by atoms with Crippen molar-refractivity contribution in [2.24, 2.45) is 5.92 Å². The first-order chi connectivity index (χ1) is 11.1. The highest BCUT2D eigenvalue weighted by Crippen LogP contribution is 2.35. The predicted octanol–water partition coefficient (Wildman–Crippen LogP) is 1.96. The topological polar surface area (TPSA) is 104 Å². The van der Waals surface area contributed by atoms with Gasteiger partial charge in [-0.05, 0) is 32.8 Å². The van der Waals surface area contributed by atoms with Crippen LogP contribution in [0.15, 0.2) is 30.3 Å². The van der Waals surface area contributed by atoms with Crippen molar-refractivity contribution in [3.63, 3.8) is 0 Å². The molecule has 1 aliphatic rings. The molecule has 3 unspecified atom stereocenters. The Labute approximate surface area is 139 Å². The van der Waals surface area contributed by atoms with E-state index >= 15 is 0 Å². The van der Waals surface area contributed by atoms with Crippen LogP contribution in [0.3, 0.4) is 0 Å². The lowest BCUT2D eigenvalue weighted by atomic mass is 9.93. The minimum atomic E-state index is -1.35. The van der Waals surface area contributed by atoms with Gasteiger partial charge in [0, 0.05) is 0 Å². The van der Waals surface area contributed by atoms with Gasteiger partial charge in [-0.1, -0.05) is 30.3 Å². The Hall–Kier alpha value is -2.41. The second-order valence-corrected chi connectivity index (χ2v) is 6.74. The first-order valence-electron chi connectivity index (χ1n) is 7.63. The number of aliphatic carboxylic acids is 1. The van der Waals surface area contributed by atoms with Gasteiger partial charge in [0.1, 0.15) is 11.6 Å². The van der Waals surface area contributed by atoms with Gasteiger partial charge < -0.3 is 14.9 Å². The van der Waals surface area contributed by atoms with Crippen molar-refractivity contribution in [2.75, 3.05) is 0 Å². The van der Waals surface area contributed by atoms with Gasteiger partial charge in [-0.25, -0.2) is 14.5 Å². The number of benzene rings is 1. The number of likely N-dealkylation sites (tertiary alicyclic amines) is 1. The molecule has 1 heterocycles. The van der Waals surface area contributed by atoms with Gasteiger partial charge >= 0.3 is 12.1 Å². The van der Waals surface area contributed by atoms with E-state index in [-0.39, 0.29) is 6.42 Å². The van der Waals surface area contributed by atoms with Crippen LogP contribution in [0.5, 0.6) is 0 Å². The number of rotatable bonds is 3. The highest BCUT2D eigenvalue weighted by Gasteiger charge is 2.50. The van der Waals surface area contributed by atoms with E-state index in [9.17, 15) is 24.6 Å². The average Bonchev–Trinajstić information content (AvgIpc) is 2.83. The molecule has 2 N–H and O–H groups in total. The van der Waals surface area contributed by atoms with E-state index in [1.807, 2.05) is 0 Å².